The summed E-state index contributed by atoms with van der Waals surface area (Å²) in [4.78, 5) is 4.31. The zero-order valence-electron chi connectivity index (χ0n) is 11.3. The van der Waals surface area contributed by atoms with Gasteiger partial charge in [0.2, 0.25) is 10.0 Å². The minimum atomic E-state index is -3.49. The first-order valence-electron chi connectivity index (χ1n) is 6.18. The Kier molecular flexibility index (Phi) is 4.87. The Balaban J connectivity index is 2.09. The van der Waals surface area contributed by atoms with Crippen molar-refractivity contribution in [2.24, 2.45) is 0 Å². The van der Waals surface area contributed by atoms with Gasteiger partial charge in [-0.05, 0) is 31.7 Å². The maximum atomic E-state index is 12.1. The highest BCUT2D eigenvalue weighted by atomic mass is 32.2. The van der Waals surface area contributed by atoms with E-state index in [1.165, 1.54) is 11.3 Å². The standard InChI is InChI=1S/C13H17N3O2S2/c1-10(14-2)11-3-5-12(6-4-11)20(17,18)16-9-13-15-7-8-19-13/h3-8,10,14,16H,9H2,1-2H3. The largest absolute Gasteiger partial charge is 0.313 e. The quantitative estimate of drug-likeness (QED) is 0.855. The van der Waals surface area contributed by atoms with Crippen LogP contribution < -0.4 is 10.0 Å². The fourth-order valence-corrected chi connectivity index (χ4v) is 3.32. The number of hydrogen-bond donors (Lipinski definition) is 2. The molecule has 0 radical (unpaired) electrons. The topological polar surface area (TPSA) is 71.1 Å². The second kappa shape index (κ2) is 6.45. The number of sulfonamides is 1. The van der Waals surface area contributed by atoms with Crippen LogP contribution in [0.3, 0.4) is 0 Å². The van der Waals surface area contributed by atoms with E-state index < -0.39 is 10.0 Å². The van der Waals surface area contributed by atoms with Gasteiger partial charge in [-0.25, -0.2) is 18.1 Å². The van der Waals surface area contributed by atoms with E-state index in [2.05, 4.69) is 15.0 Å². The summed E-state index contributed by atoms with van der Waals surface area (Å²) in [6.07, 6.45) is 1.65. The number of nitrogens with one attached hydrogen (secondary N) is 2. The van der Waals surface area contributed by atoms with Gasteiger partial charge in [0.15, 0.2) is 0 Å². The van der Waals surface area contributed by atoms with Crippen LogP contribution in [0.4, 0.5) is 0 Å². The summed E-state index contributed by atoms with van der Waals surface area (Å²) in [5, 5.41) is 5.67. The number of aromatic nitrogens is 1. The van der Waals surface area contributed by atoms with Crippen LogP contribution >= 0.6 is 11.3 Å². The molecule has 1 unspecified atom stereocenters. The summed E-state index contributed by atoms with van der Waals surface area (Å²) in [6.45, 7) is 2.24. The van der Waals surface area contributed by atoms with Crippen LogP contribution in [0.15, 0.2) is 40.7 Å². The van der Waals surface area contributed by atoms with Crippen LogP contribution in [0, 0.1) is 0 Å². The molecule has 20 heavy (non-hydrogen) atoms. The van der Waals surface area contributed by atoms with Gasteiger partial charge in [0, 0.05) is 17.6 Å². The van der Waals surface area contributed by atoms with Crippen molar-refractivity contribution in [2.75, 3.05) is 7.05 Å². The average Bonchev–Trinajstić information content (AvgIpc) is 2.98. The summed E-state index contributed by atoms with van der Waals surface area (Å²) in [7, 11) is -1.62. The van der Waals surface area contributed by atoms with Gasteiger partial charge in [-0.1, -0.05) is 12.1 Å². The monoisotopic (exact) mass is 311 g/mol. The molecule has 1 heterocycles. The van der Waals surface area contributed by atoms with Gasteiger partial charge in [0.1, 0.15) is 5.01 Å². The highest BCUT2D eigenvalue weighted by Gasteiger charge is 2.14. The lowest BCUT2D eigenvalue weighted by Crippen LogP contribution is -2.23. The molecule has 1 aromatic heterocycles. The van der Waals surface area contributed by atoms with Crippen molar-refractivity contribution >= 4 is 21.4 Å². The Hall–Kier alpha value is -1.28. The highest BCUT2D eigenvalue weighted by molar-refractivity contribution is 7.89. The minimum Gasteiger partial charge on any atom is -0.313 e. The molecule has 0 aliphatic heterocycles. The molecular weight excluding hydrogens is 294 g/mol. The summed E-state index contributed by atoms with van der Waals surface area (Å²) in [6, 6.07) is 7.06. The average molecular weight is 311 g/mol. The predicted octanol–water partition coefficient (Wildman–Crippen LogP) is 1.90. The van der Waals surface area contributed by atoms with Crippen LogP contribution in [0.5, 0.6) is 0 Å². The smallest absolute Gasteiger partial charge is 0.240 e. The number of nitrogens with zero attached hydrogens (tertiary/aromatic N) is 1. The Morgan fingerprint density at radius 3 is 2.55 bits per heavy atom. The van der Waals surface area contributed by atoms with E-state index in [1.807, 2.05) is 31.5 Å². The predicted molar refractivity (Wildman–Crippen MR) is 80.1 cm³/mol. The second-order valence-corrected chi connectivity index (χ2v) is 7.08. The zero-order valence-corrected chi connectivity index (χ0v) is 13.0. The third kappa shape index (κ3) is 3.63. The molecule has 0 aliphatic rings. The molecule has 0 fully saturated rings. The molecule has 0 saturated carbocycles. The van der Waals surface area contributed by atoms with E-state index in [0.29, 0.717) is 0 Å². The van der Waals surface area contributed by atoms with Crippen molar-refractivity contribution in [3.05, 3.63) is 46.4 Å². The first-order chi connectivity index (χ1) is 9.53. The Morgan fingerprint density at radius 1 is 1.30 bits per heavy atom. The van der Waals surface area contributed by atoms with E-state index in [-0.39, 0.29) is 17.5 Å². The maximum Gasteiger partial charge on any atom is 0.240 e. The number of hydrogen-bond acceptors (Lipinski definition) is 5. The Labute approximate surface area is 123 Å². The summed E-state index contributed by atoms with van der Waals surface area (Å²) < 4.78 is 26.8. The van der Waals surface area contributed by atoms with E-state index >= 15 is 0 Å². The maximum absolute atomic E-state index is 12.1. The molecule has 108 valence electrons. The number of rotatable bonds is 6. The summed E-state index contributed by atoms with van der Waals surface area (Å²) in [5.41, 5.74) is 1.05. The molecule has 0 amide bonds. The lowest BCUT2D eigenvalue weighted by Gasteiger charge is -2.11. The molecule has 0 aliphatic carbocycles. The Morgan fingerprint density at radius 2 is 2.00 bits per heavy atom. The molecule has 1 atom stereocenters. The molecule has 7 heteroatoms. The number of thiazole rings is 1. The first kappa shape index (κ1) is 15.1. The van der Waals surface area contributed by atoms with Crippen LogP contribution in [-0.2, 0) is 16.6 Å². The molecule has 0 bridgehead atoms. The van der Waals surface area contributed by atoms with Crippen LogP contribution in [-0.4, -0.2) is 20.4 Å². The Bertz CT molecular complexity index is 637. The van der Waals surface area contributed by atoms with Gasteiger partial charge >= 0.3 is 0 Å². The first-order valence-corrected chi connectivity index (χ1v) is 8.54. The van der Waals surface area contributed by atoms with Crippen molar-refractivity contribution in [1.29, 1.82) is 0 Å². The van der Waals surface area contributed by atoms with Crippen molar-refractivity contribution in [3.8, 4) is 0 Å². The van der Waals surface area contributed by atoms with Crippen molar-refractivity contribution in [3.63, 3.8) is 0 Å². The molecule has 0 spiro atoms. The normalized spacial score (nSPS) is 13.3. The fourth-order valence-electron chi connectivity index (χ4n) is 1.68. The molecule has 0 saturated heterocycles. The van der Waals surface area contributed by atoms with Gasteiger partial charge < -0.3 is 5.32 Å². The summed E-state index contributed by atoms with van der Waals surface area (Å²) in [5.74, 6) is 0. The third-order valence-corrected chi connectivity index (χ3v) is 5.22. The van der Waals surface area contributed by atoms with E-state index in [4.69, 9.17) is 0 Å². The van der Waals surface area contributed by atoms with Gasteiger partial charge in [-0.15, -0.1) is 11.3 Å². The number of benzene rings is 1. The van der Waals surface area contributed by atoms with E-state index in [0.717, 1.165) is 10.6 Å². The van der Waals surface area contributed by atoms with Gasteiger partial charge in [0.25, 0.3) is 0 Å². The summed E-state index contributed by atoms with van der Waals surface area (Å²) >= 11 is 1.42. The molecule has 5 nitrogen and oxygen atoms in total. The lowest BCUT2D eigenvalue weighted by molar-refractivity contribution is 0.581. The van der Waals surface area contributed by atoms with E-state index in [1.54, 1.807) is 18.3 Å². The fraction of sp³-hybridized carbons (Fsp3) is 0.308. The molecule has 2 N–H and O–H groups in total. The third-order valence-electron chi connectivity index (χ3n) is 3.02. The van der Waals surface area contributed by atoms with Crippen LogP contribution in [0.25, 0.3) is 0 Å². The van der Waals surface area contributed by atoms with Crippen LogP contribution in [0.2, 0.25) is 0 Å². The molecule has 1 aromatic carbocycles. The zero-order chi connectivity index (χ0) is 14.6. The molecular formula is C13H17N3O2S2. The lowest BCUT2D eigenvalue weighted by atomic mass is 10.1. The van der Waals surface area contributed by atoms with Crippen molar-refractivity contribution in [1.82, 2.24) is 15.0 Å². The van der Waals surface area contributed by atoms with Crippen molar-refractivity contribution in [2.45, 2.75) is 24.4 Å². The van der Waals surface area contributed by atoms with Crippen LogP contribution in [0.1, 0.15) is 23.5 Å². The van der Waals surface area contributed by atoms with Gasteiger partial charge in [0.05, 0.1) is 11.4 Å². The SMILES string of the molecule is CNC(C)c1ccc(S(=O)(=O)NCc2nccs2)cc1. The van der Waals surface area contributed by atoms with Gasteiger partial charge in [-0.3, -0.25) is 0 Å². The second-order valence-electron chi connectivity index (χ2n) is 4.33. The van der Waals surface area contributed by atoms with Gasteiger partial charge in [-0.2, -0.15) is 0 Å². The van der Waals surface area contributed by atoms with Crippen molar-refractivity contribution < 1.29 is 8.42 Å². The van der Waals surface area contributed by atoms with E-state index in [9.17, 15) is 8.42 Å². The highest BCUT2D eigenvalue weighted by Crippen LogP contribution is 2.16. The minimum absolute atomic E-state index is 0.190. The molecule has 2 aromatic rings. The molecule has 2 rings (SSSR count).